The smallest absolute Gasteiger partial charge is 0.254 e. The van der Waals surface area contributed by atoms with E-state index in [-0.39, 0.29) is 22.9 Å². The maximum atomic E-state index is 14.8. The van der Waals surface area contributed by atoms with E-state index >= 15 is 0 Å². The highest BCUT2D eigenvalue weighted by molar-refractivity contribution is 5.95. The van der Waals surface area contributed by atoms with Gasteiger partial charge in [0.15, 0.2) is 0 Å². The molecule has 0 atom stereocenters. The van der Waals surface area contributed by atoms with Gasteiger partial charge in [-0.15, -0.1) is 0 Å². The number of imidazole rings is 1. The second-order valence-corrected chi connectivity index (χ2v) is 9.59. The molecule has 3 heterocycles. The highest BCUT2D eigenvalue weighted by atomic mass is 19.1. The van der Waals surface area contributed by atoms with Gasteiger partial charge in [-0.05, 0) is 67.1 Å². The number of hydrogen-bond acceptors (Lipinski definition) is 4. The summed E-state index contributed by atoms with van der Waals surface area (Å²) in [4.78, 5) is 25.8. The molecule has 1 N–H and O–H groups in total. The van der Waals surface area contributed by atoms with E-state index in [4.69, 9.17) is 0 Å². The summed E-state index contributed by atoms with van der Waals surface area (Å²) in [6, 6.07) is 15.4. The monoisotopic (exact) mass is 463 g/mol. The molecule has 2 fully saturated rings. The Bertz CT molecular complexity index is 1630. The topological polar surface area (TPSA) is 72.2 Å². The van der Waals surface area contributed by atoms with Gasteiger partial charge in [-0.3, -0.25) is 14.2 Å². The number of fused-ring (bicyclic) bond motifs is 2. The number of halogens is 1. The summed E-state index contributed by atoms with van der Waals surface area (Å²) < 4.78 is 16.8. The van der Waals surface area contributed by atoms with Crippen molar-refractivity contribution in [2.24, 2.45) is 0 Å². The number of pyridine rings is 1. The van der Waals surface area contributed by atoms with Crippen molar-refractivity contribution in [3.05, 3.63) is 96.0 Å². The van der Waals surface area contributed by atoms with E-state index in [1.807, 2.05) is 29.1 Å². The lowest BCUT2D eigenvalue weighted by Gasteiger charge is -2.17. The molecule has 7 rings (SSSR count). The van der Waals surface area contributed by atoms with E-state index in [9.17, 15) is 9.18 Å². The van der Waals surface area contributed by atoms with Gasteiger partial charge in [0.05, 0.1) is 23.0 Å². The summed E-state index contributed by atoms with van der Waals surface area (Å²) in [7, 11) is 0. The number of nitrogens with one attached hydrogen (secondary N) is 1. The van der Waals surface area contributed by atoms with Crippen molar-refractivity contribution in [1.29, 1.82) is 0 Å². The van der Waals surface area contributed by atoms with Crippen LogP contribution in [0.4, 0.5) is 4.39 Å². The lowest BCUT2D eigenvalue weighted by Crippen LogP contribution is -2.26. The molecule has 7 heteroatoms. The number of nitrogens with zero attached hydrogens (tertiary/aromatic N) is 4. The number of benzene rings is 2. The maximum Gasteiger partial charge on any atom is 0.254 e. The fraction of sp³-hybridized carbons (Fsp3) is 0.214. The van der Waals surface area contributed by atoms with E-state index in [1.54, 1.807) is 18.3 Å². The van der Waals surface area contributed by atoms with Gasteiger partial charge in [0, 0.05) is 41.0 Å². The van der Waals surface area contributed by atoms with E-state index in [1.165, 1.54) is 11.6 Å². The van der Waals surface area contributed by atoms with Crippen molar-refractivity contribution in [2.75, 3.05) is 0 Å². The molecule has 0 spiro atoms. The maximum absolute atomic E-state index is 14.8. The molecular weight excluding hydrogens is 441 g/mol. The molecule has 172 valence electrons. The number of amides is 1. The number of aromatic nitrogens is 4. The summed E-state index contributed by atoms with van der Waals surface area (Å²) in [6.45, 7) is 0. The Hall–Kier alpha value is -4.13. The van der Waals surface area contributed by atoms with E-state index < -0.39 is 5.82 Å². The van der Waals surface area contributed by atoms with Crippen molar-refractivity contribution in [3.63, 3.8) is 0 Å². The second kappa shape index (κ2) is 7.43. The van der Waals surface area contributed by atoms with Crippen molar-refractivity contribution in [1.82, 2.24) is 24.7 Å². The van der Waals surface area contributed by atoms with Crippen LogP contribution in [-0.4, -0.2) is 31.3 Å². The molecule has 35 heavy (non-hydrogen) atoms. The van der Waals surface area contributed by atoms with Crippen LogP contribution in [0.2, 0.25) is 0 Å². The highest BCUT2D eigenvalue weighted by Gasteiger charge is 2.48. The predicted octanol–water partition coefficient (Wildman–Crippen LogP) is 5.06. The molecule has 0 unspecified atom stereocenters. The van der Waals surface area contributed by atoms with Gasteiger partial charge in [0.2, 0.25) is 5.78 Å². The number of hydrogen-bond donors (Lipinski definition) is 1. The first-order valence-corrected chi connectivity index (χ1v) is 11.9. The van der Waals surface area contributed by atoms with Gasteiger partial charge in [-0.25, -0.2) is 14.4 Å². The van der Waals surface area contributed by atoms with Gasteiger partial charge in [0.25, 0.3) is 5.91 Å². The molecule has 2 aromatic carbocycles. The zero-order valence-electron chi connectivity index (χ0n) is 18.9. The average molecular weight is 464 g/mol. The molecule has 1 amide bonds. The Kier molecular flexibility index (Phi) is 4.30. The van der Waals surface area contributed by atoms with E-state index in [2.05, 4.69) is 44.5 Å². The van der Waals surface area contributed by atoms with Crippen molar-refractivity contribution >= 4 is 22.6 Å². The van der Waals surface area contributed by atoms with Gasteiger partial charge in [-0.2, -0.15) is 0 Å². The normalized spacial score (nSPS) is 16.5. The van der Waals surface area contributed by atoms with Crippen LogP contribution < -0.4 is 5.32 Å². The molecule has 3 aromatic heterocycles. The average Bonchev–Trinajstić information content (AvgIpc) is 3.82. The summed E-state index contributed by atoms with van der Waals surface area (Å²) in [6.07, 6.45) is 11.3. The van der Waals surface area contributed by atoms with E-state index in [0.717, 1.165) is 47.8 Å². The van der Waals surface area contributed by atoms with Crippen LogP contribution >= 0.6 is 0 Å². The number of carbonyl (C=O) groups excluding carboxylic acids is 1. The molecule has 2 aliphatic rings. The second-order valence-electron chi connectivity index (χ2n) is 9.59. The van der Waals surface area contributed by atoms with Crippen molar-refractivity contribution in [2.45, 2.75) is 37.1 Å². The van der Waals surface area contributed by atoms with Crippen LogP contribution in [-0.2, 0) is 5.41 Å². The standard InChI is InChI=1S/C28H22FN5O/c29-23-13-17(3-7-22(23)26(35)33-21-5-6-21)19-14-31-27-32-15-25(34(27)16-19)28(9-10-28)20-4-8-24-18(12-20)2-1-11-30-24/h1-4,7-8,11-16,21H,5-6,9-10H2,(H,33,35). The van der Waals surface area contributed by atoms with Crippen LogP contribution in [0, 0.1) is 5.82 Å². The predicted molar refractivity (Wildman–Crippen MR) is 131 cm³/mol. The first-order valence-electron chi connectivity index (χ1n) is 11.9. The van der Waals surface area contributed by atoms with Crippen LogP contribution in [0.1, 0.15) is 47.3 Å². The fourth-order valence-electron chi connectivity index (χ4n) is 4.94. The molecule has 6 nitrogen and oxygen atoms in total. The van der Waals surface area contributed by atoms with Crippen molar-refractivity contribution in [3.8, 4) is 11.1 Å². The minimum absolute atomic E-state index is 0.0701. The largest absolute Gasteiger partial charge is 0.349 e. The third-order valence-corrected chi connectivity index (χ3v) is 7.22. The van der Waals surface area contributed by atoms with Crippen LogP contribution in [0.15, 0.2) is 73.3 Å². The first kappa shape index (κ1) is 20.3. The Morgan fingerprint density at radius 1 is 1.00 bits per heavy atom. The molecule has 0 radical (unpaired) electrons. The summed E-state index contributed by atoms with van der Waals surface area (Å²) in [5, 5.41) is 3.96. The molecule has 2 saturated carbocycles. The number of carbonyl (C=O) groups is 1. The lowest BCUT2D eigenvalue weighted by atomic mass is 9.91. The quantitative estimate of drug-likeness (QED) is 0.396. The van der Waals surface area contributed by atoms with Crippen LogP contribution in [0.25, 0.3) is 27.8 Å². The van der Waals surface area contributed by atoms with Gasteiger partial charge >= 0.3 is 0 Å². The van der Waals surface area contributed by atoms with Gasteiger partial charge in [0.1, 0.15) is 5.82 Å². The zero-order valence-corrected chi connectivity index (χ0v) is 18.9. The third kappa shape index (κ3) is 3.38. The lowest BCUT2D eigenvalue weighted by molar-refractivity contribution is 0.0947. The van der Waals surface area contributed by atoms with Crippen LogP contribution in [0.5, 0.6) is 0 Å². The van der Waals surface area contributed by atoms with Gasteiger partial charge in [-0.1, -0.05) is 18.2 Å². The Labute approximate surface area is 200 Å². The summed E-state index contributed by atoms with van der Waals surface area (Å²) in [5.74, 6) is -0.281. The minimum Gasteiger partial charge on any atom is -0.349 e. The Morgan fingerprint density at radius 2 is 1.86 bits per heavy atom. The molecule has 0 aliphatic heterocycles. The first-order chi connectivity index (χ1) is 17.1. The Balaban J connectivity index is 1.27. The molecule has 0 bridgehead atoms. The van der Waals surface area contributed by atoms with E-state index in [0.29, 0.717) is 11.3 Å². The van der Waals surface area contributed by atoms with Crippen LogP contribution in [0.3, 0.4) is 0 Å². The minimum atomic E-state index is -0.532. The summed E-state index contributed by atoms with van der Waals surface area (Å²) in [5.41, 5.74) is 4.67. The van der Waals surface area contributed by atoms with Crippen molar-refractivity contribution < 1.29 is 9.18 Å². The van der Waals surface area contributed by atoms with Gasteiger partial charge < -0.3 is 5.32 Å². The molecule has 2 aliphatic carbocycles. The zero-order chi connectivity index (χ0) is 23.6. The molecule has 0 saturated heterocycles. The highest BCUT2D eigenvalue weighted by Crippen LogP contribution is 2.53. The Morgan fingerprint density at radius 3 is 2.66 bits per heavy atom. The third-order valence-electron chi connectivity index (χ3n) is 7.22. The molecule has 5 aromatic rings. The fourth-order valence-corrected chi connectivity index (χ4v) is 4.94. The summed E-state index contributed by atoms with van der Waals surface area (Å²) >= 11 is 0. The number of rotatable bonds is 5. The SMILES string of the molecule is O=C(NC1CC1)c1ccc(-c2cnc3ncc(C4(c5ccc6ncccc6c5)CC4)n3c2)cc1F. The molecular formula is C28H22FN5O.